The summed E-state index contributed by atoms with van der Waals surface area (Å²) in [4.78, 5) is 8.04. The van der Waals surface area contributed by atoms with E-state index < -0.39 is 0 Å². The third-order valence-electron chi connectivity index (χ3n) is 1.53. The van der Waals surface area contributed by atoms with Crippen LogP contribution in [0, 0.1) is 0 Å². The molecule has 0 aliphatic carbocycles. The van der Waals surface area contributed by atoms with Gasteiger partial charge >= 0.3 is 0 Å². The average Bonchev–Trinajstić information content (AvgIpc) is 2.67. The number of furan rings is 1. The van der Waals surface area contributed by atoms with Crippen molar-refractivity contribution in [2.45, 2.75) is 10.8 Å². The number of hydrogen-bond donors (Lipinski definition) is 0. The summed E-state index contributed by atoms with van der Waals surface area (Å²) >= 11 is 7.24. The Balaban J connectivity index is 1.98. The lowest BCUT2D eigenvalue weighted by Crippen LogP contribution is -1.83. The first-order valence-electron chi connectivity index (χ1n) is 3.97. The monoisotopic (exact) mass is 226 g/mol. The van der Waals surface area contributed by atoms with Gasteiger partial charge < -0.3 is 4.42 Å². The minimum atomic E-state index is 0.412. The van der Waals surface area contributed by atoms with Gasteiger partial charge in [-0.3, -0.25) is 4.98 Å². The molecule has 0 radical (unpaired) electrons. The van der Waals surface area contributed by atoms with Gasteiger partial charge in [0.25, 0.3) is 0 Å². The van der Waals surface area contributed by atoms with Crippen molar-refractivity contribution in [3.8, 4) is 0 Å². The third-order valence-corrected chi connectivity index (χ3v) is 2.63. The largest absolute Gasteiger partial charge is 0.468 e. The summed E-state index contributed by atoms with van der Waals surface area (Å²) in [6.07, 6.45) is 4.84. The Bertz CT molecular complexity index is 405. The molecule has 0 saturated heterocycles. The molecule has 0 unspecified atom stereocenters. The van der Waals surface area contributed by atoms with E-state index in [2.05, 4.69) is 9.97 Å². The van der Waals surface area contributed by atoms with Crippen LogP contribution in [0.25, 0.3) is 0 Å². The second-order valence-electron chi connectivity index (χ2n) is 2.55. The van der Waals surface area contributed by atoms with E-state index >= 15 is 0 Å². The van der Waals surface area contributed by atoms with Gasteiger partial charge in [-0.25, -0.2) is 4.98 Å². The Labute approximate surface area is 90.5 Å². The van der Waals surface area contributed by atoms with Crippen molar-refractivity contribution in [1.82, 2.24) is 9.97 Å². The molecule has 2 heterocycles. The van der Waals surface area contributed by atoms with Crippen LogP contribution in [0.4, 0.5) is 0 Å². The molecule has 72 valence electrons. The van der Waals surface area contributed by atoms with E-state index in [-0.39, 0.29) is 0 Å². The van der Waals surface area contributed by atoms with E-state index in [1.54, 1.807) is 24.2 Å². The summed E-state index contributed by atoms with van der Waals surface area (Å²) in [5.74, 6) is 1.65. The molecule has 2 rings (SSSR count). The minimum absolute atomic E-state index is 0.412. The maximum Gasteiger partial charge on any atom is 0.148 e. The molecule has 0 fully saturated rings. The lowest BCUT2D eigenvalue weighted by Gasteiger charge is -1.97. The van der Waals surface area contributed by atoms with Crippen LogP contribution in [-0.4, -0.2) is 9.97 Å². The van der Waals surface area contributed by atoms with Crippen LogP contribution < -0.4 is 0 Å². The Morgan fingerprint density at radius 1 is 1.43 bits per heavy atom. The zero-order valence-corrected chi connectivity index (χ0v) is 8.76. The number of thioether (sulfide) groups is 1. The Morgan fingerprint density at radius 3 is 3.07 bits per heavy atom. The zero-order chi connectivity index (χ0) is 9.80. The van der Waals surface area contributed by atoms with Gasteiger partial charge in [0, 0.05) is 0 Å². The van der Waals surface area contributed by atoms with E-state index in [4.69, 9.17) is 16.0 Å². The summed E-state index contributed by atoms with van der Waals surface area (Å²) in [5.41, 5.74) is 0. The molecule has 2 aromatic rings. The van der Waals surface area contributed by atoms with Crippen LogP contribution in [0.5, 0.6) is 0 Å². The SMILES string of the molecule is Clc1cncc(SCc2ccco2)n1. The molecular formula is C9H7ClN2OS. The fourth-order valence-electron chi connectivity index (χ4n) is 0.935. The topological polar surface area (TPSA) is 38.9 Å². The Hall–Kier alpha value is -1.00. The van der Waals surface area contributed by atoms with E-state index in [0.717, 1.165) is 16.5 Å². The molecule has 0 aliphatic rings. The average molecular weight is 227 g/mol. The fourth-order valence-corrected chi connectivity index (χ4v) is 1.89. The van der Waals surface area contributed by atoms with Crippen molar-refractivity contribution in [2.75, 3.05) is 0 Å². The molecule has 0 spiro atoms. The predicted octanol–water partition coefficient (Wildman–Crippen LogP) is 3.02. The Morgan fingerprint density at radius 2 is 2.36 bits per heavy atom. The highest BCUT2D eigenvalue weighted by Crippen LogP contribution is 2.21. The number of nitrogens with zero attached hydrogens (tertiary/aromatic N) is 2. The Kier molecular flexibility index (Phi) is 3.06. The van der Waals surface area contributed by atoms with Crippen molar-refractivity contribution in [2.24, 2.45) is 0 Å². The molecule has 0 bridgehead atoms. The molecule has 2 aromatic heterocycles. The van der Waals surface area contributed by atoms with Crippen molar-refractivity contribution in [3.05, 3.63) is 41.7 Å². The smallest absolute Gasteiger partial charge is 0.148 e. The number of hydrogen-bond acceptors (Lipinski definition) is 4. The van der Waals surface area contributed by atoms with Crippen molar-refractivity contribution in [1.29, 1.82) is 0 Å². The molecule has 5 heteroatoms. The molecule has 0 aromatic carbocycles. The molecule has 0 aliphatic heterocycles. The van der Waals surface area contributed by atoms with E-state index in [0.29, 0.717) is 5.15 Å². The lowest BCUT2D eigenvalue weighted by molar-refractivity contribution is 0.530. The van der Waals surface area contributed by atoms with Crippen molar-refractivity contribution in [3.63, 3.8) is 0 Å². The molecule has 14 heavy (non-hydrogen) atoms. The molecular weight excluding hydrogens is 220 g/mol. The highest BCUT2D eigenvalue weighted by molar-refractivity contribution is 7.98. The standard InChI is InChI=1S/C9H7ClN2OS/c10-8-4-11-5-9(12-8)14-6-7-2-1-3-13-7/h1-5H,6H2. The maximum absolute atomic E-state index is 5.70. The summed E-state index contributed by atoms with van der Waals surface area (Å²) in [5, 5.41) is 1.21. The predicted molar refractivity (Wildman–Crippen MR) is 55.3 cm³/mol. The molecule has 0 saturated carbocycles. The summed E-state index contributed by atoms with van der Waals surface area (Å²) in [6.45, 7) is 0. The second kappa shape index (κ2) is 4.48. The lowest BCUT2D eigenvalue weighted by atomic mass is 10.5. The summed E-state index contributed by atoms with van der Waals surface area (Å²) in [7, 11) is 0. The van der Waals surface area contributed by atoms with Crippen LogP contribution in [0.15, 0.2) is 40.2 Å². The molecule has 0 atom stereocenters. The van der Waals surface area contributed by atoms with Crippen LogP contribution in [0.2, 0.25) is 5.15 Å². The zero-order valence-electron chi connectivity index (χ0n) is 7.18. The highest BCUT2D eigenvalue weighted by atomic mass is 35.5. The van der Waals surface area contributed by atoms with Crippen LogP contribution >= 0.6 is 23.4 Å². The van der Waals surface area contributed by atoms with E-state index in [9.17, 15) is 0 Å². The van der Waals surface area contributed by atoms with Gasteiger partial charge in [0.2, 0.25) is 0 Å². The molecule has 3 nitrogen and oxygen atoms in total. The van der Waals surface area contributed by atoms with Crippen LogP contribution in [-0.2, 0) is 5.75 Å². The quantitative estimate of drug-likeness (QED) is 0.755. The van der Waals surface area contributed by atoms with Gasteiger partial charge in [0.05, 0.1) is 24.4 Å². The fraction of sp³-hybridized carbons (Fsp3) is 0.111. The number of halogens is 1. The normalized spacial score (nSPS) is 10.4. The molecule has 0 N–H and O–H groups in total. The number of rotatable bonds is 3. The van der Waals surface area contributed by atoms with Crippen molar-refractivity contribution >= 4 is 23.4 Å². The van der Waals surface area contributed by atoms with Gasteiger partial charge in [-0.05, 0) is 12.1 Å². The van der Waals surface area contributed by atoms with E-state index in [1.165, 1.54) is 6.20 Å². The maximum atomic E-state index is 5.70. The number of aromatic nitrogens is 2. The minimum Gasteiger partial charge on any atom is -0.468 e. The van der Waals surface area contributed by atoms with Gasteiger partial charge in [0.1, 0.15) is 15.9 Å². The first-order valence-corrected chi connectivity index (χ1v) is 5.34. The first kappa shape index (κ1) is 9.55. The van der Waals surface area contributed by atoms with Crippen molar-refractivity contribution < 1.29 is 4.42 Å². The van der Waals surface area contributed by atoms with E-state index in [1.807, 2.05) is 12.1 Å². The first-order chi connectivity index (χ1) is 6.84. The highest BCUT2D eigenvalue weighted by Gasteiger charge is 2.00. The second-order valence-corrected chi connectivity index (χ2v) is 3.93. The third kappa shape index (κ3) is 2.49. The van der Waals surface area contributed by atoms with Gasteiger partial charge in [-0.2, -0.15) is 0 Å². The van der Waals surface area contributed by atoms with Crippen LogP contribution in [0.3, 0.4) is 0 Å². The van der Waals surface area contributed by atoms with Crippen LogP contribution in [0.1, 0.15) is 5.76 Å². The van der Waals surface area contributed by atoms with Gasteiger partial charge in [-0.15, -0.1) is 0 Å². The van der Waals surface area contributed by atoms with Gasteiger partial charge in [-0.1, -0.05) is 23.4 Å². The van der Waals surface area contributed by atoms with Gasteiger partial charge in [0.15, 0.2) is 0 Å². The molecule has 0 amide bonds. The summed E-state index contributed by atoms with van der Waals surface area (Å²) < 4.78 is 5.18. The summed E-state index contributed by atoms with van der Waals surface area (Å²) in [6, 6.07) is 3.78.